The summed E-state index contributed by atoms with van der Waals surface area (Å²) in [6, 6.07) is 0. The van der Waals surface area contributed by atoms with E-state index < -0.39 is 0 Å². The zero-order chi connectivity index (χ0) is 8.70. The summed E-state index contributed by atoms with van der Waals surface area (Å²) in [5.41, 5.74) is 1.01. The molecule has 0 bridgehead atoms. The zero-order valence-electron chi connectivity index (χ0n) is 8.49. The fourth-order valence-corrected chi connectivity index (χ4v) is 2.69. The fourth-order valence-electron chi connectivity index (χ4n) is 2.69. The van der Waals surface area contributed by atoms with Crippen molar-refractivity contribution in [3.05, 3.63) is 0 Å². The normalized spacial score (nSPS) is 43.1. The van der Waals surface area contributed by atoms with E-state index >= 15 is 0 Å². The smallest absolute Gasteiger partial charge is 0.0215 e. The third-order valence-electron chi connectivity index (χ3n) is 3.93. The molecule has 1 heteroatoms. The van der Waals surface area contributed by atoms with Gasteiger partial charge in [-0.25, -0.2) is 0 Å². The SMILES string of the molecule is CCC1(C(C)C)CC1(C)NC. The second kappa shape index (κ2) is 2.48. The monoisotopic (exact) mass is 155 g/mol. The Morgan fingerprint density at radius 2 is 2.00 bits per heavy atom. The molecule has 1 fully saturated rings. The van der Waals surface area contributed by atoms with Crippen molar-refractivity contribution in [3.8, 4) is 0 Å². The van der Waals surface area contributed by atoms with Gasteiger partial charge in [0.15, 0.2) is 0 Å². The Morgan fingerprint density at radius 1 is 1.45 bits per heavy atom. The van der Waals surface area contributed by atoms with Crippen LogP contribution in [0.15, 0.2) is 0 Å². The van der Waals surface area contributed by atoms with Crippen LogP contribution >= 0.6 is 0 Å². The second-order valence-corrected chi connectivity index (χ2v) is 4.42. The predicted molar refractivity (Wildman–Crippen MR) is 49.6 cm³/mol. The van der Waals surface area contributed by atoms with Gasteiger partial charge >= 0.3 is 0 Å². The highest BCUT2D eigenvalue weighted by Crippen LogP contribution is 2.62. The van der Waals surface area contributed by atoms with E-state index in [0.717, 1.165) is 5.92 Å². The van der Waals surface area contributed by atoms with Gasteiger partial charge in [-0.1, -0.05) is 20.8 Å². The largest absolute Gasteiger partial charge is 0.314 e. The first-order valence-corrected chi connectivity index (χ1v) is 4.71. The summed E-state index contributed by atoms with van der Waals surface area (Å²) in [5, 5.41) is 3.44. The Hall–Kier alpha value is -0.0400. The molecular weight excluding hydrogens is 134 g/mol. The lowest BCUT2D eigenvalue weighted by Gasteiger charge is -2.25. The van der Waals surface area contributed by atoms with Crippen molar-refractivity contribution in [2.45, 2.75) is 46.1 Å². The van der Waals surface area contributed by atoms with Gasteiger partial charge in [0, 0.05) is 5.54 Å². The predicted octanol–water partition coefficient (Wildman–Crippen LogP) is 2.42. The van der Waals surface area contributed by atoms with Crippen LogP contribution in [0.5, 0.6) is 0 Å². The quantitative estimate of drug-likeness (QED) is 0.660. The highest BCUT2D eigenvalue weighted by atomic mass is 15.0. The van der Waals surface area contributed by atoms with Gasteiger partial charge in [-0.15, -0.1) is 0 Å². The second-order valence-electron chi connectivity index (χ2n) is 4.42. The van der Waals surface area contributed by atoms with Crippen LogP contribution in [0.3, 0.4) is 0 Å². The van der Waals surface area contributed by atoms with E-state index in [1.165, 1.54) is 12.8 Å². The van der Waals surface area contributed by atoms with Crippen LogP contribution in [0.25, 0.3) is 0 Å². The third-order valence-corrected chi connectivity index (χ3v) is 3.93. The van der Waals surface area contributed by atoms with Gasteiger partial charge in [0.1, 0.15) is 0 Å². The molecule has 1 aliphatic carbocycles. The molecule has 66 valence electrons. The lowest BCUT2D eigenvalue weighted by Crippen LogP contribution is -2.33. The maximum absolute atomic E-state index is 3.44. The van der Waals surface area contributed by atoms with E-state index in [0.29, 0.717) is 11.0 Å². The molecule has 11 heavy (non-hydrogen) atoms. The van der Waals surface area contributed by atoms with Crippen LogP contribution in [0.4, 0.5) is 0 Å². The van der Waals surface area contributed by atoms with Gasteiger partial charge in [0.2, 0.25) is 0 Å². The Kier molecular flexibility index (Phi) is 2.04. The summed E-state index contributed by atoms with van der Waals surface area (Å²) < 4.78 is 0. The molecule has 2 atom stereocenters. The maximum atomic E-state index is 3.44. The molecule has 0 spiro atoms. The first-order chi connectivity index (χ1) is 5.02. The van der Waals surface area contributed by atoms with E-state index in [-0.39, 0.29) is 0 Å². The van der Waals surface area contributed by atoms with Crippen molar-refractivity contribution in [2.24, 2.45) is 11.3 Å². The van der Waals surface area contributed by atoms with Crippen LogP contribution in [0.1, 0.15) is 40.5 Å². The van der Waals surface area contributed by atoms with E-state index in [1.807, 2.05) is 0 Å². The minimum atomic E-state index is 0.427. The van der Waals surface area contributed by atoms with Crippen molar-refractivity contribution in [3.63, 3.8) is 0 Å². The van der Waals surface area contributed by atoms with Gasteiger partial charge in [-0.05, 0) is 38.1 Å². The Morgan fingerprint density at radius 3 is 2.09 bits per heavy atom. The Balaban J connectivity index is 2.70. The molecule has 1 rings (SSSR count). The first-order valence-electron chi connectivity index (χ1n) is 4.71. The highest BCUT2D eigenvalue weighted by Gasteiger charge is 2.63. The zero-order valence-corrected chi connectivity index (χ0v) is 8.49. The molecule has 1 saturated carbocycles. The summed E-state index contributed by atoms with van der Waals surface area (Å²) in [7, 11) is 2.08. The summed E-state index contributed by atoms with van der Waals surface area (Å²) in [6.45, 7) is 9.33. The number of nitrogens with one attached hydrogen (secondary N) is 1. The highest BCUT2D eigenvalue weighted by molar-refractivity contribution is 5.18. The molecule has 0 radical (unpaired) electrons. The van der Waals surface area contributed by atoms with Crippen LogP contribution < -0.4 is 5.32 Å². The molecule has 0 aromatic rings. The molecule has 1 nitrogen and oxygen atoms in total. The summed E-state index contributed by atoms with van der Waals surface area (Å²) in [6.07, 6.45) is 2.66. The standard InChI is InChI=1S/C10H21N/c1-6-10(8(2)3)7-9(10,4)11-5/h8,11H,6-7H2,1-5H3. The van der Waals surface area contributed by atoms with Crippen LogP contribution in [0.2, 0.25) is 0 Å². The molecule has 0 aromatic carbocycles. The molecule has 0 saturated heterocycles. The topological polar surface area (TPSA) is 12.0 Å². The lowest BCUT2D eigenvalue weighted by atomic mass is 9.85. The summed E-state index contributed by atoms with van der Waals surface area (Å²) in [5.74, 6) is 0.810. The van der Waals surface area contributed by atoms with Crippen molar-refractivity contribution in [1.82, 2.24) is 5.32 Å². The van der Waals surface area contributed by atoms with Gasteiger partial charge in [0.25, 0.3) is 0 Å². The third kappa shape index (κ3) is 1.01. The van der Waals surface area contributed by atoms with E-state index in [4.69, 9.17) is 0 Å². The molecular formula is C10H21N. The van der Waals surface area contributed by atoms with Crippen LogP contribution in [-0.4, -0.2) is 12.6 Å². The van der Waals surface area contributed by atoms with Gasteiger partial charge in [-0.3, -0.25) is 0 Å². The molecule has 0 heterocycles. The van der Waals surface area contributed by atoms with Crippen molar-refractivity contribution >= 4 is 0 Å². The van der Waals surface area contributed by atoms with Crippen molar-refractivity contribution < 1.29 is 0 Å². The van der Waals surface area contributed by atoms with Gasteiger partial charge < -0.3 is 5.32 Å². The molecule has 0 aromatic heterocycles. The maximum Gasteiger partial charge on any atom is 0.0215 e. The molecule has 0 aliphatic heterocycles. The van der Waals surface area contributed by atoms with E-state index in [1.54, 1.807) is 0 Å². The molecule has 1 N–H and O–H groups in total. The summed E-state index contributed by atoms with van der Waals surface area (Å²) in [4.78, 5) is 0. The Bertz CT molecular complexity index is 153. The van der Waals surface area contributed by atoms with E-state index in [2.05, 4.69) is 40.1 Å². The van der Waals surface area contributed by atoms with Crippen molar-refractivity contribution in [1.29, 1.82) is 0 Å². The van der Waals surface area contributed by atoms with E-state index in [9.17, 15) is 0 Å². The van der Waals surface area contributed by atoms with Crippen LogP contribution in [0, 0.1) is 11.3 Å². The lowest BCUT2D eigenvalue weighted by molar-refractivity contribution is 0.280. The minimum absolute atomic E-state index is 0.427. The van der Waals surface area contributed by atoms with Gasteiger partial charge in [-0.2, -0.15) is 0 Å². The number of hydrogen-bond donors (Lipinski definition) is 1. The Labute approximate surface area is 70.6 Å². The fraction of sp³-hybridized carbons (Fsp3) is 1.00. The average molecular weight is 155 g/mol. The molecule has 2 unspecified atom stereocenters. The average Bonchev–Trinajstić information content (AvgIpc) is 2.59. The molecule has 0 amide bonds. The molecule has 1 aliphatic rings. The summed E-state index contributed by atoms with van der Waals surface area (Å²) >= 11 is 0. The first kappa shape index (κ1) is 9.05. The number of hydrogen-bond acceptors (Lipinski definition) is 1. The van der Waals surface area contributed by atoms with Crippen molar-refractivity contribution in [2.75, 3.05) is 7.05 Å². The minimum Gasteiger partial charge on any atom is -0.314 e. The van der Waals surface area contributed by atoms with Crippen LogP contribution in [-0.2, 0) is 0 Å². The van der Waals surface area contributed by atoms with Gasteiger partial charge in [0.05, 0.1) is 0 Å². The number of rotatable bonds is 3.